The van der Waals surface area contributed by atoms with Gasteiger partial charge in [-0.15, -0.1) is 0 Å². The number of aromatic nitrogens is 2. The molecule has 126 valence electrons. The first-order chi connectivity index (χ1) is 11.7. The first kappa shape index (κ1) is 16.8. The van der Waals surface area contributed by atoms with Crippen LogP contribution in [0.3, 0.4) is 0 Å². The lowest BCUT2D eigenvalue weighted by molar-refractivity contribution is 0.275. The van der Waals surface area contributed by atoms with Gasteiger partial charge in [0, 0.05) is 44.6 Å². The average molecular weight is 341 g/mol. The van der Waals surface area contributed by atoms with Crippen LogP contribution >= 0.6 is 12.2 Å². The minimum absolute atomic E-state index is 0.776. The highest BCUT2D eigenvalue weighted by Crippen LogP contribution is 2.11. The fourth-order valence-corrected chi connectivity index (χ4v) is 3.19. The molecular weight excluding hydrogens is 318 g/mol. The van der Waals surface area contributed by atoms with E-state index < -0.39 is 0 Å². The summed E-state index contributed by atoms with van der Waals surface area (Å²) in [5.74, 6) is 0. The Hall–Kier alpha value is -2.05. The third-order valence-electron chi connectivity index (χ3n) is 4.12. The second kappa shape index (κ2) is 8.17. The van der Waals surface area contributed by atoms with Crippen molar-refractivity contribution >= 4 is 23.0 Å². The van der Waals surface area contributed by atoms with Gasteiger partial charge in [-0.1, -0.05) is 6.07 Å². The molecule has 0 unspecified atom stereocenters. The Bertz CT molecular complexity index is 676. The van der Waals surface area contributed by atoms with E-state index >= 15 is 0 Å². The lowest BCUT2D eigenvalue weighted by atomic mass is 10.3. The van der Waals surface area contributed by atoms with Gasteiger partial charge < -0.3 is 10.2 Å². The first-order valence-electron chi connectivity index (χ1n) is 8.31. The number of nitrogens with one attached hydrogen (secondary N) is 1. The molecule has 0 atom stereocenters. The lowest BCUT2D eigenvalue weighted by Gasteiger charge is -2.24. The number of rotatable bonds is 3. The molecular formula is C18H23N5S. The van der Waals surface area contributed by atoms with Gasteiger partial charge in [-0.05, 0) is 49.8 Å². The zero-order chi connectivity index (χ0) is 16.8. The van der Waals surface area contributed by atoms with Crippen LogP contribution in [-0.4, -0.2) is 51.1 Å². The molecule has 24 heavy (non-hydrogen) atoms. The Morgan fingerprint density at radius 2 is 2.08 bits per heavy atom. The van der Waals surface area contributed by atoms with Crippen LogP contribution in [0, 0.1) is 6.92 Å². The summed E-state index contributed by atoms with van der Waals surface area (Å²) in [5, 5.41) is 4.05. The third-order valence-corrected chi connectivity index (χ3v) is 4.48. The van der Waals surface area contributed by atoms with E-state index in [1.165, 1.54) is 0 Å². The van der Waals surface area contributed by atoms with Crippen LogP contribution in [0.4, 0.5) is 5.69 Å². The Balaban J connectivity index is 1.54. The van der Waals surface area contributed by atoms with Crippen molar-refractivity contribution in [2.24, 2.45) is 0 Å². The van der Waals surface area contributed by atoms with Gasteiger partial charge in [0.15, 0.2) is 5.11 Å². The number of anilines is 1. The quantitative estimate of drug-likeness (QED) is 0.866. The average Bonchev–Trinajstić information content (AvgIpc) is 2.81. The van der Waals surface area contributed by atoms with Gasteiger partial charge in [0.1, 0.15) is 0 Å². The summed E-state index contributed by atoms with van der Waals surface area (Å²) in [7, 11) is 0. The van der Waals surface area contributed by atoms with Crippen molar-refractivity contribution in [2.45, 2.75) is 19.9 Å². The van der Waals surface area contributed by atoms with Crippen LogP contribution in [0.2, 0.25) is 0 Å². The Morgan fingerprint density at radius 3 is 2.88 bits per heavy atom. The number of nitrogens with zero attached hydrogens (tertiary/aromatic N) is 4. The minimum Gasteiger partial charge on any atom is -0.348 e. The molecule has 1 N–H and O–H groups in total. The molecule has 1 aliphatic rings. The van der Waals surface area contributed by atoms with E-state index in [2.05, 4.69) is 37.2 Å². The molecule has 3 heterocycles. The topological polar surface area (TPSA) is 44.3 Å². The number of hydrogen-bond donors (Lipinski definition) is 1. The van der Waals surface area contributed by atoms with Gasteiger partial charge >= 0.3 is 0 Å². The summed E-state index contributed by atoms with van der Waals surface area (Å²) in [6.45, 7) is 6.91. The Kier molecular flexibility index (Phi) is 5.72. The molecule has 1 fully saturated rings. The van der Waals surface area contributed by atoms with Crippen LogP contribution in [0.5, 0.6) is 0 Å². The fraction of sp³-hybridized carbons (Fsp3) is 0.389. The largest absolute Gasteiger partial charge is 0.348 e. The van der Waals surface area contributed by atoms with Crippen molar-refractivity contribution in [3.8, 4) is 0 Å². The second-order valence-electron chi connectivity index (χ2n) is 6.06. The molecule has 5 nitrogen and oxygen atoms in total. The first-order valence-corrected chi connectivity index (χ1v) is 8.72. The number of hydrogen-bond acceptors (Lipinski definition) is 4. The summed E-state index contributed by atoms with van der Waals surface area (Å²) in [6, 6.07) is 10.1. The minimum atomic E-state index is 0.776. The van der Waals surface area contributed by atoms with Gasteiger partial charge in [-0.25, -0.2) is 0 Å². The summed E-state index contributed by atoms with van der Waals surface area (Å²) >= 11 is 5.56. The van der Waals surface area contributed by atoms with Crippen LogP contribution in [-0.2, 0) is 6.54 Å². The zero-order valence-corrected chi connectivity index (χ0v) is 14.8. The SMILES string of the molecule is Cc1cccc(CN2CCCN(C(=S)Nc3cccnc3)CC2)n1. The van der Waals surface area contributed by atoms with E-state index in [1.807, 2.05) is 25.1 Å². The highest BCUT2D eigenvalue weighted by atomic mass is 32.1. The number of thiocarbonyl (C=S) groups is 1. The lowest BCUT2D eigenvalue weighted by Crippen LogP contribution is -2.37. The van der Waals surface area contributed by atoms with Crippen molar-refractivity contribution < 1.29 is 0 Å². The summed E-state index contributed by atoms with van der Waals surface area (Å²) in [4.78, 5) is 13.4. The van der Waals surface area contributed by atoms with Gasteiger partial charge in [0.25, 0.3) is 0 Å². The highest BCUT2D eigenvalue weighted by Gasteiger charge is 2.17. The molecule has 0 aliphatic carbocycles. The maximum absolute atomic E-state index is 5.56. The van der Waals surface area contributed by atoms with Crippen molar-refractivity contribution in [2.75, 3.05) is 31.5 Å². The van der Waals surface area contributed by atoms with Crippen molar-refractivity contribution in [3.05, 3.63) is 54.1 Å². The van der Waals surface area contributed by atoms with Crippen LogP contribution in [0.25, 0.3) is 0 Å². The van der Waals surface area contributed by atoms with E-state index in [0.29, 0.717) is 0 Å². The van der Waals surface area contributed by atoms with E-state index in [0.717, 1.165) is 61.3 Å². The standard InChI is InChI=1S/C18H23N5S/c1-15-5-2-6-17(20-15)14-22-9-4-10-23(12-11-22)18(24)21-16-7-3-8-19-13-16/h2-3,5-8,13H,4,9-12,14H2,1H3,(H,21,24). The fourth-order valence-electron chi connectivity index (χ4n) is 2.89. The summed E-state index contributed by atoms with van der Waals surface area (Å²) in [6.07, 6.45) is 4.65. The molecule has 0 spiro atoms. The predicted octanol–water partition coefficient (Wildman–Crippen LogP) is 2.69. The maximum atomic E-state index is 5.56. The van der Waals surface area contributed by atoms with Gasteiger partial charge in [0.05, 0.1) is 17.6 Å². The van der Waals surface area contributed by atoms with Gasteiger partial charge in [0.2, 0.25) is 0 Å². The highest BCUT2D eigenvalue weighted by molar-refractivity contribution is 7.80. The van der Waals surface area contributed by atoms with Crippen LogP contribution in [0.15, 0.2) is 42.7 Å². The van der Waals surface area contributed by atoms with E-state index in [9.17, 15) is 0 Å². The molecule has 1 saturated heterocycles. The summed E-state index contributed by atoms with van der Waals surface area (Å²) in [5.41, 5.74) is 3.15. The third kappa shape index (κ3) is 4.72. The Labute approximate surface area is 148 Å². The second-order valence-corrected chi connectivity index (χ2v) is 6.45. The molecule has 6 heteroatoms. The molecule has 0 amide bonds. The number of pyridine rings is 2. The molecule has 0 saturated carbocycles. The van der Waals surface area contributed by atoms with Crippen molar-refractivity contribution in [1.82, 2.24) is 19.8 Å². The molecule has 0 aromatic carbocycles. The monoisotopic (exact) mass is 341 g/mol. The smallest absolute Gasteiger partial charge is 0.173 e. The Morgan fingerprint density at radius 1 is 1.17 bits per heavy atom. The molecule has 0 bridgehead atoms. The zero-order valence-electron chi connectivity index (χ0n) is 14.0. The predicted molar refractivity (Wildman–Crippen MR) is 101 cm³/mol. The van der Waals surface area contributed by atoms with Crippen LogP contribution in [0.1, 0.15) is 17.8 Å². The normalized spacial score (nSPS) is 15.8. The van der Waals surface area contributed by atoms with E-state index in [-0.39, 0.29) is 0 Å². The molecule has 3 rings (SSSR count). The molecule has 2 aromatic rings. The molecule has 1 aliphatic heterocycles. The maximum Gasteiger partial charge on any atom is 0.173 e. The van der Waals surface area contributed by atoms with Gasteiger partial charge in [-0.3, -0.25) is 14.9 Å². The summed E-state index contributed by atoms with van der Waals surface area (Å²) < 4.78 is 0. The number of aryl methyl sites for hydroxylation is 1. The van der Waals surface area contributed by atoms with Gasteiger partial charge in [-0.2, -0.15) is 0 Å². The van der Waals surface area contributed by atoms with Crippen LogP contribution < -0.4 is 5.32 Å². The molecule has 2 aromatic heterocycles. The van der Waals surface area contributed by atoms with Crippen molar-refractivity contribution in [3.63, 3.8) is 0 Å². The van der Waals surface area contributed by atoms with E-state index in [1.54, 1.807) is 12.4 Å². The molecule has 0 radical (unpaired) electrons. The van der Waals surface area contributed by atoms with E-state index in [4.69, 9.17) is 12.2 Å². The van der Waals surface area contributed by atoms with Crippen molar-refractivity contribution in [1.29, 1.82) is 0 Å².